The van der Waals surface area contributed by atoms with Gasteiger partial charge in [-0.05, 0) is 43.6 Å². The van der Waals surface area contributed by atoms with E-state index in [0.717, 1.165) is 25.9 Å². The normalized spacial score (nSPS) is 16.1. The summed E-state index contributed by atoms with van der Waals surface area (Å²) in [6, 6.07) is 5.77. The van der Waals surface area contributed by atoms with Crippen LogP contribution in [0.1, 0.15) is 46.8 Å². The fourth-order valence-electron chi connectivity index (χ4n) is 3.47. The molecular formula is C19H22FN7O. The second-order valence-corrected chi connectivity index (χ2v) is 6.92. The third-order valence-corrected chi connectivity index (χ3v) is 5.00. The lowest BCUT2D eigenvalue weighted by Gasteiger charge is -2.22. The number of carbonyl (C=O) groups excluding carboxylic acids is 1. The molecule has 0 radical (unpaired) electrons. The van der Waals surface area contributed by atoms with Crippen LogP contribution in [0.2, 0.25) is 0 Å². The van der Waals surface area contributed by atoms with E-state index in [0.29, 0.717) is 11.4 Å². The molecule has 0 spiro atoms. The molecule has 28 heavy (non-hydrogen) atoms. The summed E-state index contributed by atoms with van der Waals surface area (Å²) in [4.78, 5) is 17.2. The van der Waals surface area contributed by atoms with Gasteiger partial charge >= 0.3 is 0 Å². The van der Waals surface area contributed by atoms with Crippen LogP contribution in [-0.4, -0.2) is 43.5 Å². The van der Waals surface area contributed by atoms with Gasteiger partial charge < -0.3 is 15.2 Å². The van der Waals surface area contributed by atoms with Crippen LogP contribution in [0.4, 0.5) is 4.39 Å². The van der Waals surface area contributed by atoms with E-state index in [1.165, 1.54) is 12.1 Å². The Morgan fingerprint density at radius 1 is 1.36 bits per heavy atom. The zero-order valence-electron chi connectivity index (χ0n) is 15.5. The minimum Gasteiger partial charge on any atom is -0.337 e. The van der Waals surface area contributed by atoms with E-state index >= 15 is 0 Å². The van der Waals surface area contributed by atoms with Crippen LogP contribution in [0.5, 0.6) is 0 Å². The van der Waals surface area contributed by atoms with Gasteiger partial charge in [-0.3, -0.25) is 4.79 Å². The van der Waals surface area contributed by atoms with Crippen LogP contribution < -0.4 is 10.6 Å². The lowest BCUT2D eigenvalue weighted by Crippen LogP contribution is -2.31. The SMILES string of the molecule is Cn1ccnc1C(NC(=O)c1cn(C2CCNCC2)nn1)c1cccc(F)c1. The number of benzene rings is 1. The van der Waals surface area contributed by atoms with Crippen molar-refractivity contribution in [3.05, 3.63) is 65.8 Å². The average molecular weight is 383 g/mol. The summed E-state index contributed by atoms with van der Waals surface area (Å²) in [5, 5.41) is 14.4. The average Bonchev–Trinajstić information content (AvgIpc) is 3.36. The van der Waals surface area contributed by atoms with Gasteiger partial charge in [0, 0.05) is 19.4 Å². The van der Waals surface area contributed by atoms with Crippen molar-refractivity contribution in [1.29, 1.82) is 0 Å². The fourth-order valence-corrected chi connectivity index (χ4v) is 3.47. The van der Waals surface area contributed by atoms with Crippen LogP contribution in [0.3, 0.4) is 0 Å². The van der Waals surface area contributed by atoms with Crippen molar-refractivity contribution in [3.8, 4) is 0 Å². The molecule has 2 aromatic heterocycles. The Bertz CT molecular complexity index is 961. The van der Waals surface area contributed by atoms with E-state index in [1.807, 2.05) is 7.05 Å². The number of aromatic nitrogens is 5. The van der Waals surface area contributed by atoms with Gasteiger partial charge in [-0.2, -0.15) is 0 Å². The first-order valence-corrected chi connectivity index (χ1v) is 9.28. The Labute approximate surface area is 161 Å². The highest BCUT2D eigenvalue weighted by Crippen LogP contribution is 2.22. The van der Waals surface area contributed by atoms with Gasteiger partial charge in [0.2, 0.25) is 0 Å². The predicted octanol–water partition coefficient (Wildman–Crippen LogP) is 1.59. The summed E-state index contributed by atoms with van der Waals surface area (Å²) < 4.78 is 17.3. The lowest BCUT2D eigenvalue weighted by molar-refractivity contribution is 0.0936. The highest BCUT2D eigenvalue weighted by molar-refractivity contribution is 5.92. The van der Waals surface area contributed by atoms with Crippen LogP contribution in [-0.2, 0) is 7.05 Å². The first-order valence-electron chi connectivity index (χ1n) is 9.28. The number of nitrogens with zero attached hydrogens (tertiary/aromatic N) is 5. The van der Waals surface area contributed by atoms with Gasteiger partial charge in [-0.25, -0.2) is 14.1 Å². The van der Waals surface area contributed by atoms with Gasteiger partial charge in [0.15, 0.2) is 5.69 Å². The maximum Gasteiger partial charge on any atom is 0.274 e. The first-order chi connectivity index (χ1) is 13.6. The molecule has 0 saturated carbocycles. The second-order valence-electron chi connectivity index (χ2n) is 6.92. The smallest absolute Gasteiger partial charge is 0.274 e. The van der Waals surface area contributed by atoms with Crippen molar-refractivity contribution in [2.24, 2.45) is 7.05 Å². The minimum absolute atomic E-state index is 0.231. The third-order valence-electron chi connectivity index (χ3n) is 5.00. The van der Waals surface area contributed by atoms with Gasteiger partial charge in [0.1, 0.15) is 17.7 Å². The number of rotatable bonds is 5. The molecule has 1 fully saturated rings. The van der Waals surface area contributed by atoms with E-state index in [4.69, 9.17) is 0 Å². The molecule has 3 aromatic rings. The van der Waals surface area contributed by atoms with Crippen molar-refractivity contribution in [3.63, 3.8) is 0 Å². The van der Waals surface area contributed by atoms with Crippen LogP contribution >= 0.6 is 0 Å². The standard InChI is InChI=1S/C19H22FN7O/c1-26-10-9-22-18(26)17(13-3-2-4-14(20)11-13)23-19(28)16-12-27(25-24-16)15-5-7-21-8-6-15/h2-4,9-12,15,17,21H,5-8H2,1H3,(H,23,28). The number of hydrogen-bond acceptors (Lipinski definition) is 5. The Hall–Kier alpha value is -3.07. The van der Waals surface area contributed by atoms with Crippen LogP contribution in [0.25, 0.3) is 0 Å². The monoisotopic (exact) mass is 383 g/mol. The molecule has 8 nitrogen and oxygen atoms in total. The summed E-state index contributed by atoms with van der Waals surface area (Å²) in [6.45, 7) is 1.85. The highest BCUT2D eigenvalue weighted by atomic mass is 19.1. The summed E-state index contributed by atoms with van der Waals surface area (Å²) in [5.41, 5.74) is 0.836. The van der Waals surface area contributed by atoms with Crippen LogP contribution in [0.15, 0.2) is 42.9 Å². The fraction of sp³-hybridized carbons (Fsp3) is 0.368. The molecule has 3 heterocycles. The summed E-state index contributed by atoms with van der Waals surface area (Å²) in [6.07, 6.45) is 6.99. The Morgan fingerprint density at radius 2 is 2.18 bits per heavy atom. The van der Waals surface area contributed by atoms with Gasteiger partial charge in [-0.1, -0.05) is 17.3 Å². The largest absolute Gasteiger partial charge is 0.337 e. The Kier molecular flexibility index (Phi) is 5.16. The van der Waals surface area contributed by atoms with Crippen molar-refractivity contribution >= 4 is 5.91 Å². The number of piperidine rings is 1. The van der Waals surface area contributed by atoms with E-state index in [-0.39, 0.29) is 23.5 Å². The van der Waals surface area contributed by atoms with E-state index in [9.17, 15) is 9.18 Å². The molecule has 1 unspecified atom stereocenters. The van der Waals surface area contributed by atoms with E-state index in [2.05, 4.69) is 25.9 Å². The maximum absolute atomic E-state index is 13.8. The Morgan fingerprint density at radius 3 is 2.89 bits per heavy atom. The van der Waals surface area contributed by atoms with Crippen molar-refractivity contribution in [1.82, 2.24) is 35.2 Å². The molecule has 9 heteroatoms. The van der Waals surface area contributed by atoms with Gasteiger partial charge in [0.25, 0.3) is 5.91 Å². The lowest BCUT2D eigenvalue weighted by atomic mass is 10.1. The molecule has 1 aliphatic heterocycles. The number of aryl methyl sites for hydroxylation is 1. The number of carbonyl (C=O) groups is 1. The van der Waals surface area contributed by atoms with Crippen LogP contribution in [0, 0.1) is 5.82 Å². The molecule has 0 bridgehead atoms. The maximum atomic E-state index is 13.8. The number of amides is 1. The summed E-state index contributed by atoms with van der Waals surface area (Å²) >= 11 is 0. The molecule has 1 aromatic carbocycles. The molecule has 4 rings (SSSR count). The predicted molar refractivity (Wildman–Crippen MR) is 100 cm³/mol. The molecular weight excluding hydrogens is 361 g/mol. The zero-order valence-corrected chi connectivity index (χ0v) is 15.5. The Balaban J connectivity index is 1.57. The molecule has 146 valence electrons. The van der Waals surface area contributed by atoms with Crippen molar-refractivity contribution in [2.75, 3.05) is 13.1 Å². The summed E-state index contributed by atoms with van der Waals surface area (Å²) in [5.74, 6) is -0.148. The minimum atomic E-state index is -0.604. The van der Waals surface area contributed by atoms with Crippen molar-refractivity contribution < 1.29 is 9.18 Å². The third kappa shape index (κ3) is 3.79. The molecule has 0 aliphatic carbocycles. The molecule has 1 saturated heterocycles. The molecule has 2 N–H and O–H groups in total. The van der Waals surface area contributed by atoms with Gasteiger partial charge in [0.05, 0.1) is 12.2 Å². The number of hydrogen-bond donors (Lipinski definition) is 2. The molecule has 1 aliphatic rings. The van der Waals surface area contributed by atoms with E-state index < -0.39 is 6.04 Å². The molecule has 1 amide bonds. The van der Waals surface area contributed by atoms with Gasteiger partial charge in [-0.15, -0.1) is 5.10 Å². The second kappa shape index (κ2) is 7.89. The first kappa shape index (κ1) is 18.3. The summed E-state index contributed by atoms with van der Waals surface area (Å²) in [7, 11) is 1.83. The number of nitrogens with one attached hydrogen (secondary N) is 2. The van der Waals surface area contributed by atoms with E-state index in [1.54, 1.807) is 40.0 Å². The number of halogens is 1. The van der Waals surface area contributed by atoms with Crippen molar-refractivity contribution in [2.45, 2.75) is 24.9 Å². The highest BCUT2D eigenvalue weighted by Gasteiger charge is 2.24. The topological polar surface area (TPSA) is 89.7 Å². The zero-order chi connectivity index (χ0) is 19.5. The number of imidazole rings is 1. The quantitative estimate of drug-likeness (QED) is 0.699. The molecule has 1 atom stereocenters.